The number of halogens is 4. The summed E-state index contributed by atoms with van der Waals surface area (Å²) >= 11 is 0. The highest BCUT2D eigenvalue weighted by Gasteiger charge is 2.34. The Kier molecular flexibility index (Phi) is 6.69. The number of rotatable bonds is 6. The van der Waals surface area contributed by atoms with Crippen LogP contribution in [0.2, 0.25) is 0 Å². The molecule has 0 aliphatic carbocycles. The van der Waals surface area contributed by atoms with Gasteiger partial charge in [0.25, 0.3) is 5.56 Å². The molecule has 2 heterocycles. The van der Waals surface area contributed by atoms with E-state index in [1.165, 1.54) is 16.7 Å². The Morgan fingerprint density at radius 3 is 2.61 bits per heavy atom. The Morgan fingerprint density at radius 2 is 1.91 bits per heavy atom. The van der Waals surface area contributed by atoms with Crippen LogP contribution in [0, 0.1) is 6.92 Å². The zero-order valence-electron chi connectivity index (χ0n) is 18.2. The van der Waals surface area contributed by atoms with Crippen molar-refractivity contribution in [1.82, 2.24) is 14.5 Å². The average molecular weight is 463 g/mol. The Morgan fingerprint density at radius 1 is 1.15 bits per heavy atom. The van der Waals surface area contributed by atoms with Crippen LogP contribution in [-0.2, 0) is 6.18 Å². The van der Waals surface area contributed by atoms with Crippen LogP contribution in [0.4, 0.5) is 17.6 Å². The zero-order valence-corrected chi connectivity index (χ0v) is 18.2. The second-order valence-electron chi connectivity index (χ2n) is 8.23. The van der Waals surface area contributed by atoms with E-state index in [4.69, 9.17) is 4.74 Å². The van der Waals surface area contributed by atoms with E-state index in [1.807, 2.05) is 0 Å². The third-order valence-corrected chi connectivity index (χ3v) is 5.80. The maximum atomic E-state index is 13.5. The number of hydrogen-bond acceptors (Lipinski definition) is 4. The number of fused-ring (bicyclic) bond motifs is 1. The topological polar surface area (TPSA) is 47.4 Å². The highest BCUT2D eigenvalue weighted by Crippen LogP contribution is 2.33. The Bertz CT molecular complexity index is 1180. The van der Waals surface area contributed by atoms with Crippen molar-refractivity contribution in [3.63, 3.8) is 0 Å². The number of aryl methyl sites for hydroxylation is 1. The molecule has 2 aromatic carbocycles. The van der Waals surface area contributed by atoms with Gasteiger partial charge in [-0.2, -0.15) is 13.2 Å². The Labute approximate surface area is 188 Å². The quantitative estimate of drug-likeness (QED) is 0.385. The molecular weight excluding hydrogens is 438 g/mol. The molecular formula is C24H25F4N3O2. The molecule has 0 bridgehead atoms. The van der Waals surface area contributed by atoms with Crippen LogP contribution in [0.1, 0.15) is 30.7 Å². The van der Waals surface area contributed by atoms with E-state index < -0.39 is 28.9 Å². The fourth-order valence-electron chi connectivity index (χ4n) is 4.25. The van der Waals surface area contributed by atoms with E-state index in [1.54, 1.807) is 31.2 Å². The average Bonchev–Trinajstić information content (AvgIpc) is 2.76. The summed E-state index contributed by atoms with van der Waals surface area (Å²) in [6, 6.07) is 10.1. The smallest absolute Gasteiger partial charge is 0.417 e. The first kappa shape index (κ1) is 23.2. The van der Waals surface area contributed by atoms with E-state index in [9.17, 15) is 22.4 Å². The van der Waals surface area contributed by atoms with Gasteiger partial charge < -0.3 is 9.64 Å². The molecule has 0 spiro atoms. The molecule has 33 heavy (non-hydrogen) atoms. The lowest BCUT2D eigenvalue weighted by atomic mass is 10.1. The molecule has 1 saturated heterocycles. The van der Waals surface area contributed by atoms with E-state index >= 15 is 0 Å². The number of hydrogen-bond donors (Lipinski definition) is 0. The third kappa shape index (κ3) is 5.19. The molecule has 1 aliphatic rings. The predicted octanol–water partition coefficient (Wildman–Crippen LogP) is 4.92. The molecule has 1 aliphatic heterocycles. The first-order valence-corrected chi connectivity index (χ1v) is 10.9. The minimum Gasteiger partial charge on any atom is -0.494 e. The number of benzene rings is 2. The summed E-state index contributed by atoms with van der Waals surface area (Å²) in [7, 11) is 0. The van der Waals surface area contributed by atoms with E-state index in [2.05, 4.69) is 9.88 Å². The van der Waals surface area contributed by atoms with Gasteiger partial charge in [-0.3, -0.25) is 9.36 Å². The first-order valence-electron chi connectivity index (χ1n) is 10.9. The van der Waals surface area contributed by atoms with E-state index in [0.29, 0.717) is 31.0 Å². The molecule has 4 rings (SSSR count). The molecule has 0 unspecified atom stereocenters. The van der Waals surface area contributed by atoms with Gasteiger partial charge in [0.1, 0.15) is 17.7 Å². The molecule has 5 nitrogen and oxygen atoms in total. The van der Waals surface area contributed by atoms with Gasteiger partial charge in [0.05, 0.1) is 28.8 Å². The van der Waals surface area contributed by atoms with Crippen molar-refractivity contribution in [1.29, 1.82) is 0 Å². The Balaban J connectivity index is 1.49. The number of ether oxygens (including phenoxy) is 1. The van der Waals surface area contributed by atoms with Crippen molar-refractivity contribution >= 4 is 10.9 Å². The minimum absolute atomic E-state index is 0.0105. The molecule has 1 fully saturated rings. The summed E-state index contributed by atoms with van der Waals surface area (Å²) in [4.78, 5) is 19.4. The minimum atomic E-state index is -4.66. The second kappa shape index (κ2) is 9.51. The molecule has 9 heteroatoms. The molecule has 176 valence electrons. The van der Waals surface area contributed by atoms with Crippen molar-refractivity contribution in [3.8, 4) is 11.4 Å². The van der Waals surface area contributed by atoms with Crippen molar-refractivity contribution in [3.05, 3.63) is 64.2 Å². The fraction of sp³-hybridized carbons (Fsp3) is 0.417. The number of likely N-dealkylation sites (tertiary alicyclic amines) is 1. The summed E-state index contributed by atoms with van der Waals surface area (Å²) in [6.45, 7) is 4.17. The summed E-state index contributed by atoms with van der Waals surface area (Å²) in [5.74, 6) is 0.865. The van der Waals surface area contributed by atoms with Gasteiger partial charge in [0.15, 0.2) is 0 Å². The van der Waals surface area contributed by atoms with E-state index in [-0.39, 0.29) is 11.3 Å². The molecule has 1 atom stereocenters. The van der Waals surface area contributed by atoms with Gasteiger partial charge in [-0.25, -0.2) is 9.37 Å². The highest BCUT2D eigenvalue weighted by molar-refractivity contribution is 5.82. The van der Waals surface area contributed by atoms with Crippen molar-refractivity contribution in [2.24, 2.45) is 0 Å². The number of nitrogens with zero attached hydrogens (tertiary/aromatic N) is 3. The van der Waals surface area contributed by atoms with Gasteiger partial charge in [-0.05, 0) is 69.1 Å². The summed E-state index contributed by atoms with van der Waals surface area (Å²) in [6.07, 6.45) is -3.16. The lowest BCUT2D eigenvalue weighted by Crippen LogP contribution is -2.37. The van der Waals surface area contributed by atoms with Crippen molar-refractivity contribution < 1.29 is 22.3 Å². The summed E-state index contributed by atoms with van der Waals surface area (Å²) in [5.41, 5.74) is -1.36. The largest absolute Gasteiger partial charge is 0.494 e. The summed E-state index contributed by atoms with van der Waals surface area (Å²) < 4.78 is 60.7. The number of alkyl halides is 4. The maximum absolute atomic E-state index is 13.5. The lowest BCUT2D eigenvalue weighted by Gasteiger charge is -2.28. The molecule has 3 aromatic rings. The zero-order chi connectivity index (χ0) is 23.6. The van der Waals surface area contributed by atoms with Crippen LogP contribution in [0.3, 0.4) is 0 Å². The van der Waals surface area contributed by atoms with Crippen LogP contribution >= 0.6 is 0 Å². The van der Waals surface area contributed by atoms with Crippen LogP contribution in [0.5, 0.6) is 5.75 Å². The normalized spacial score (nSPS) is 17.4. The number of piperidine rings is 1. The molecule has 0 amide bonds. The van der Waals surface area contributed by atoms with Crippen LogP contribution < -0.4 is 10.3 Å². The molecule has 1 aromatic heterocycles. The highest BCUT2D eigenvalue weighted by atomic mass is 19.4. The predicted molar refractivity (Wildman–Crippen MR) is 118 cm³/mol. The molecule has 0 N–H and O–H groups in total. The van der Waals surface area contributed by atoms with Gasteiger partial charge in [-0.15, -0.1) is 0 Å². The van der Waals surface area contributed by atoms with Gasteiger partial charge in [0, 0.05) is 13.1 Å². The summed E-state index contributed by atoms with van der Waals surface area (Å²) in [5, 5.41) is -0.454. The van der Waals surface area contributed by atoms with E-state index in [0.717, 1.165) is 32.0 Å². The van der Waals surface area contributed by atoms with Crippen molar-refractivity contribution in [2.45, 2.75) is 38.5 Å². The second-order valence-corrected chi connectivity index (χ2v) is 8.23. The van der Waals surface area contributed by atoms with Gasteiger partial charge in [0.2, 0.25) is 0 Å². The maximum Gasteiger partial charge on any atom is 0.417 e. The monoisotopic (exact) mass is 463 g/mol. The molecule has 0 saturated carbocycles. The van der Waals surface area contributed by atoms with Crippen LogP contribution in [-0.4, -0.2) is 46.9 Å². The fourth-order valence-corrected chi connectivity index (χ4v) is 4.25. The number of aromatic nitrogens is 2. The Hall–Kier alpha value is -2.94. The van der Waals surface area contributed by atoms with Gasteiger partial charge in [-0.1, -0.05) is 6.07 Å². The third-order valence-electron chi connectivity index (χ3n) is 5.80. The lowest BCUT2D eigenvalue weighted by molar-refractivity contribution is -0.136. The van der Waals surface area contributed by atoms with Crippen LogP contribution in [0.25, 0.3) is 16.6 Å². The van der Waals surface area contributed by atoms with Crippen LogP contribution in [0.15, 0.2) is 47.3 Å². The molecule has 0 radical (unpaired) electrons. The first-order chi connectivity index (χ1) is 15.7. The van der Waals surface area contributed by atoms with Crippen molar-refractivity contribution in [2.75, 3.05) is 26.2 Å². The SMILES string of the molecule is Cc1nc2cccc(C(F)(F)F)c2c(=O)n1-c1ccc(OCCCN2CCC[C@H](F)C2)cc1. The van der Waals surface area contributed by atoms with Gasteiger partial charge >= 0.3 is 6.18 Å². The standard InChI is InChI=1S/C24H25F4N3O2/c1-16-29-21-7-2-6-20(24(26,27)28)22(21)23(32)31(16)18-8-10-19(11-9-18)33-14-4-13-30-12-3-5-17(25)15-30/h2,6-11,17H,3-5,12-15H2,1H3/t17-/m0/s1.